The number of ether oxygens (including phenoxy) is 1. The summed E-state index contributed by atoms with van der Waals surface area (Å²) in [6, 6.07) is 3.34. The molecule has 0 unspecified atom stereocenters. The number of rotatable bonds is 4. The lowest BCUT2D eigenvalue weighted by Crippen LogP contribution is -2.17. The van der Waals surface area contributed by atoms with E-state index in [2.05, 4.69) is 4.74 Å². The molecule has 0 amide bonds. The number of hydrogen-bond donors (Lipinski definition) is 1. The van der Waals surface area contributed by atoms with Crippen LogP contribution in [0.5, 0.6) is 0 Å². The van der Waals surface area contributed by atoms with Crippen LogP contribution in [0.25, 0.3) is 0 Å². The van der Waals surface area contributed by atoms with Gasteiger partial charge in [-0.2, -0.15) is 8.42 Å². The average molecular weight is 258 g/mol. The molecule has 5 nitrogen and oxygen atoms in total. The Bertz CT molecular complexity index is 528. The van der Waals surface area contributed by atoms with Crippen molar-refractivity contribution in [3.63, 3.8) is 0 Å². The average Bonchev–Trinajstić information content (AvgIpc) is 2.19. The van der Waals surface area contributed by atoms with E-state index in [1.807, 2.05) is 0 Å². The number of esters is 1. The van der Waals surface area contributed by atoms with E-state index in [4.69, 9.17) is 12.4 Å². The third-order valence-electron chi connectivity index (χ3n) is 1.78. The van der Waals surface area contributed by atoms with Gasteiger partial charge in [0.05, 0.1) is 5.56 Å². The van der Waals surface area contributed by atoms with Gasteiger partial charge in [-0.05, 0) is 6.07 Å². The molecule has 0 bridgehead atoms. The molecule has 8 heteroatoms. The van der Waals surface area contributed by atoms with Gasteiger partial charge < -0.3 is 4.74 Å². The Morgan fingerprint density at radius 2 is 2.12 bits per heavy atom. The summed E-state index contributed by atoms with van der Waals surface area (Å²) < 4.78 is 46.7. The lowest BCUT2D eigenvalue weighted by molar-refractivity contribution is 0.0523. The Kier molecular flexibility index (Phi) is 4.25. The molecule has 0 aliphatic rings. The lowest BCUT2D eigenvalue weighted by Gasteiger charge is -2.05. The maximum atomic E-state index is 13.2. The van der Waals surface area contributed by atoms with Crippen LogP contribution in [0.2, 0.25) is 0 Å². The van der Waals surface area contributed by atoms with Crippen LogP contribution in [-0.2, 0) is 14.9 Å². The Labute approximate surface area is 98.7 Å². The van der Waals surface area contributed by atoms with E-state index < -0.39 is 34.3 Å². The smallest absolute Gasteiger partial charge is 0.341 e. The van der Waals surface area contributed by atoms with E-state index in [0.717, 1.165) is 12.1 Å². The van der Waals surface area contributed by atoms with Gasteiger partial charge in [0, 0.05) is 0 Å². The van der Waals surface area contributed by atoms with E-state index in [1.165, 1.54) is 6.07 Å². The minimum Gasteiger partial charge on any atom is -0.461 e. The molecule has 0 heterocycles. The van der Waals surface area contributed by atoms with Crippen molar-refractivity contribution in [2.24, 2.45) is 0 Å². The zero-order valence-corrected chi connectivity index (χ0v) is 9.41. The normalized spacial score (nSPS) is 11.2. The van der Waals surface area contributed by atoms with Crippen LogP contribution in [0.3, 0.4) is 0 Å². The third-order valence-corrected chi connectivity index (χ3v) is 2.47. The number of benzene rings is 1. The number of carbonyl (C=O) groups excluding carboxylic acids is 1. The van der Waals surface area contributed by atoms with E-state index in [-0.39, 0.29) is 11.0 Å². The van der Waals surface area contributed by atoms with Crippen molar-refractivity contribution in [2.45, 2.75) is 0 Å². The van der Waals surface area contributed by atoms with Crippen LogP contribution in [0.4, 0.5) is 4.39 Å². The fourth-order valence-corrected chi connectivity index (χ4v) is 1.31. The maximum Gasteiger partial charge on any atom is 0.341 e. The molecule has 1 aromatic rings. The Morgan fingerprint density at radius 1 is 1.47 bits per heavy atom. The highest BCUT2D eigenvalue weighted by atomic mass is 32.2. The molecule has 0 fully saturated rings. The van der Waals surface area contributed by atoms with E-state index in [0.29, 0.717) is 0 Å². The summed E-state index contributed by atoms with van der Waals surface area (Å²) in [6.45, 7) is -0.564. The predicted molar refractivity (Wildman–Crippen MR) is 58.5 cm³/mol. The van der Waals surface area contributed by atoms with Gasteiger partial charge in [-0.15, -0.1) is 0 Å². The fourth-order valence-electron chi connectivity index (χ4n) is 1.02. The summed E-state index contributed by atoms with van der Waals surface area (Å²) in [7, 11) is 1.14. The fraction of sp³-hybridized carbons (Fsp3) is 0.222. The number of hydrogen-bond acceptors (Lipinski definition) is 4. The molecule has 90 valence electrons. The summed E-state index contributed by atoms with van der Waals surface area (Å²) in [6.07, 6.45) is 0. The molecule has 2 radical (unpaired) electrons. The van der Waals surface area contributed by atoms with E-state index in [9.17, 15) is 17.6 Å². The van der Waals surface area contributed by atoms with Crippen LogP contribution >= 0.6 is 0 Å². The largest absolute Gasteiger partial charge is 0.461 e. The molecule has 0 spiro atoms. The van der Waals surface area contributed by atoms with Gasteiger partial charge in [0.2, 0.25) is 0 Å². The highest BCUT2D eigenvalue weighted by molar-refractivity contribution is 7.85. The summed E-state index contributed by atoms with van der Waals surface area (Å²) in [5.41, 5.74) is -0.214. The van der Waals surface area contributed by atoms with Gasteiger partial charge in [0.1, 0.15) is 26.0 Å². The van der Waals surface area contributed by atoms with E-state index in [1.54, 1.807) is 0 Å². The molecule has 0 aromatic heterocycles. The molecule has 0 aliphatic carbocycles. The minimum absolute atomic E-state index is 0.174. The summed E-state index contributed by atoms with van der Waals surface area (Å²) in [4.78, 5) is 11.3. The van der Waals surface area contributed by atoms with Crippen LogP contribution < -0.4 is 5.46 Å². The van der Waals surface area contributed by atoms with Crippen molar-refractivity contribution in [1.82, 2.24) is 0 Å². The zero-order valence-electron chi connectivity index (χ0n) is 8.59. The Balaban J connectivity index is 2.67. The topological polar surface area (TPSA) is 80.7 Å². The van der Waals surface area contributed by atoms with Crippen molar-refractivity contribution in [3.8, 4) is 0 Å². The molecule has 0 saturated carbocycles. The van der Waals surface area contributed by atoms with Gasteiger partial charge in [0.25, 0.3) is 10.1 Å². The minimum atomic E-state index is -4.22. The molecule has 17 heavy (non-hydrogen) atoms. The Hall–Kier alpha value is -1.41. The molecule has 0 saturated heterocycles. The van der Waals surface area contributed by atoms with Gasteiger partial charge in [-0.25, -0.2) is 9.18 Å². The van der Waals surface area contributed by atoms with Crippen molar-refractivity contribution >= 4 is 29.4 Å². The summed E-state index contributed by atoms with van der Waals surface area (Å²) >= 11 is 0. The first-order chi connectivity index (χ1) is 7.79. The van der Waals surface area contributed by atoms with E-state index >= 15 is 0 Å². The first-order valence-corrected chi connectivity index (χ1v) is 6.08. The van der Waals surface area contributed by atoms with Crippen LogP contribution in [0.1, 0.15) is 10.4 Å². The number of halogens is 1. The predicted octanol–water partition coefficient (Wildman–Crippen LogP) is -0.336. The lowest BCUT2D eigenvalue weighted by atomic mass is 9.94. The van der Waals surface area contributed by atoms with Crippen molar-refractivity contribution in [3.05, 3.63) is 29.6 Å². The molecule has 1 N–H and O–H groups in total. The molecule has 1 aromatic carbocycles. The summed E-state index contributed by atoms with van der Waals surface area (Å²) in [5, 5.41) is 0. The van der Waals surface area contributed by atoms with Crippen molar-refractivity contribution in [1.29, 1.82) is 0 Å². The molecule has 0 atom stereocenters. The SMILES string of the molecule is [B]c1ccc(F)c(C(=O)OCCS(=O)(=O)O)c1. The highest BCUT2D eigenvalue weighted by Crippen LogP contribution is 2.06. The summed E-state index contributed by atoms with van der Waals surface area (Å²) in [5.74, 6) is -2.61. The van der Waals surface area contributed by atoms with Gasteiger partial charge in [-0.1, -0.05) is 17.6 Å². The first kappa shape index (κ1) is 13.7. The second-order valence-electron chi connectivity index (χ2n) is 3.16. The maximum absolute atomic E-state index is 13.2. The van der Waals surface area contributed by atoms with Crippen molar-refractivity contribution in [2.75, 3.05) is 12.4 Å². The second kappa shape index (κ2) is 5.28. The molecular weight excluding hydrogens is 250 g/mol. The standard InChI is InChI=1S/C9H8BFO5S/c10-6-1-2-8(11)7(5-6)9(12)16-3-4-17(13,14)15/h1-2,5H,3-4H2,(H,13,14,15). The van der Waals surface area contributed by atoms with Crippen molar-refractivity contribution < 1.29 is 26.9 Å². The zero-order chi connectivity index (χ0) is 13.1. The molecular formula is C9H8BFO5S. The second-order valence-corrected chi connectivity index (χ2v) is 4.73. The number of carbonyl (C=O) groups is 1. The first-order valence-electron chi connectivity index (χ1n) is 4.47. The third kappa shape index (κ3) is 4.53. The molecule has 0 aliphatic heterocycles. The van der Waals surface area contributed by atoms with Gasteiger partial charge in [-0.3, -0.25) is 4.55 Å². The Morgan fingerprint density at radius 3 is 2.71 bits per heavy atom. The van der Waals surface area contributed by atoms with Crippen LogP contribution in [0, 0.1) is 5.82 Å². The van der Waals surface area contributed by atoms with Gasteiger partial charge in [0.15, 0.2) is 0 Å². The van der Waals surface area contributed by atoms with Crippen LogP contribution in [-0.4, -0.2) is 39.1 Å². The van der Waals surface area contributed by atoms with Gasteiger partial charge >= 0.3 is 5.97 Å². The quantitative estimate of drug-likeness (QED) is 0.454. The highest BCUT2D eigenvalue weighted by Gasteiger charge is 2.14. The monoisotopic (exact) mass is 258 g/mol. The van der Waals surface area contributed by atoms with Crippen LogP contribution in [0.15, 0.2) is 18.2 Å². The molecule has 1 rings (SSSR count).